The number of pyridine rings is 2. The zero-order valence-corrected chi connectivity index (χ0v) is 14.1. The van der Waals surface area contributed by atoms with Crippen molar-refractivity contribution >= 4 is 5.97 Å². The summed E-state index contributed by atoms with van der Waals surface area (Å²) in [5, 5.41) is 0. The number of aromatic nitrogens is 2. The van der Waals surface area contributed by atoms with Crippen LogP contribution >= 0.6 is 0 Å². The predicted octanol–water partition coefficient (Wildman–Crippen LogP) is 3.20. The molecular formula is C22H14N2O2. The van der Waals surface area contributed by atoms with E-state index in [0.29, 0.717) is 16.9 Å². The van der Waals surface area contributed by atoms with E-state index in [1.807, 2.05) is 30.3 Å². The summed E-state index contributed by atoms with van der Waals surface area (Å²) in [4.78, 5) is 19.5. The van der Waals surface area contributed by atoms with E-state index in [0.717, 1.165) is 11.1 Å². The van der Waals surface area contributed by atoms with Crippen LogP contribution in [0.25, 0.3) is 0 Å². The van der Waals surface area contributed by atoms with Gasteiger partial charge in [-0.05, 0) is 36.4 Å². The Morgan fingerprint density at radius 2 is 1.23 bits per heavy atom. The molecule has 4 nitrogen and oxygen atoms in total. The van der Waals surface area contributed by atoms with E-state index in [9.17, 15) is 4.79 Å². The lowest BCUT2D eigenvalue weighted by atomic mass is 10.1. The Bertz CT molecular complexity index is 962. The SMILES string of the molecule is CC(=O)Oc1c(C#Cc2ccncc2)cccc1C#Cc1ccncc1. The number of esters is 1. The lowest BCUT2D eigenvalue weighted by Gasteiger charge is -2.06. The average Bonchev–Trinajstić information content (AvgIpc) is 2.67. The summed E-state index contributed by atoms with van der Waals surface area (Å²) in [6.45, 7) is 1.35. The molecule has 0 saturated carbocycles. The van der Waals surface area contributed by atoms with E-state index in [1.54, 1.807) is 36.9 Å². The Kier molecular flexibility index (Phi) is 5.40. The molecule has 2 heterocycles. The maximum atomic E-state index is 11.5. The minimum absolute atomic E-state index is 0.364. The van der Waals surface area contributed by atoms with Gasteiger partial charge in [0, 0.05) is 42.8 Å². The number of para-hydroxylation sites is 1. The van der Waals surface area contributed by atoms with Crippen molar-refractivity contribution in [3.8, 4) is 29.4 Å². The van der Waals surface area contributed by atoms with Gasteiger partial charge in [0.2, 0.25) is 0 Å². The summed E-state index contributed by atoms with van der Waals surface area (Å²) in [6, 6.07) is 12.7. The first-order valence-corrected chi connectivity index (χ1v) is 7.88. The second kappa shape index (κ2) is 8.28. The van der Waals surface area contributed by atoms with Gasteiger partial charge in [0.25, 0.3) is 0 Å². The molecule has 26 heavy (non-hydrogen) atoms. The first-order valence-electron chi connectivity index (χ1n) is 7.88. The summed E-state index contributed by atoms with van der Waals surface area (Å²) in [6.07, 6.45) is 6.70. The molecule has 3 rings (SSSR count). The highest BCUT2D eigenvalue weighted by Crippen LogP contribution is 2.23. The highest BCUT2D eigenvalue weighted by Gasteiger charge is 2.09. The summed E-state index contributed by atoms with van der Waals surface area (Å²) >= 11 is 0. The number of hydrogen-bond acceptors (Lipinski definition) is 4. The van der Waals surface area contributed by atoms with Gasteiger partial charge in [-0.25, -0.2) is 0 Å². The fourth-order valence-corrected chi connectivity index (χ4v) is 2.14. The lowest BCUT2D eigenvalue weighted by Crippen LogP contribution is -2.05. The first kappa shape index (κ1) is 17.0. The zero-order chi connectivity index (χ0) is 18.2. The molecule has 0 unspecified atom stereocenters. The Morgan fingerprint density at radius 1 is 0.769 bits per heavy atom. The zero-order valence-electron chi connectivity index (χ0n) is 14.1. The smallest absolute Gasteiger partial charge is 0.308 e. The van der Waals surface area contributed by atoms with Crippen molar-refractivity contribution in [2.24, 2.45) is 0 Å². The monoisotopic (exact) mass is 338 g/mol. The van der Waals surface area contributed by atoms with Crippen molar-refractivity contribution in [2.45, 2.75) is 6.92 Å². The van der Waals surface area contributed by atoms with Crippen LogP contribution < -0.4 is 4.74 Å². The summed E-state index contributed by atoms with van der Waals surface area (Å²) in [5.41, 5.74) is 2.83. The highest BCUT2D eigenvalue weighted by atomic mass is 16.5. The van der Waals surface area contributed by atoms with Crippen LogP contribution in [-0.4, -0.2) is 15.9 Å². The van der Waals surface area contributed by atoms with Gasteiger partial charge in [-0.1, -0.05) is 29.7 Å². The molecule has 0 amide bonds. The summed E-state index contributed by atoms with van der Waals surface area (Å²) in [7, 11) is 0. The fraction of sp³-hybridized carbons (Fsp3) is 0.0455. The van der Waals surface area contributed by atoms with E-state index in [4.69, 9.17) is 4.74 Å². The molecule has 0 aliphatic rings. The molecule has 0 aliphatic carbocycles. The number of nitrogens with zero attached hydrogens (tertiary/aromatic N) is 2. The van der Waals surface area contributed by atoms with E-state index in [-0.39, 0.29) is 0 Å². The molecule has 0 bridgehead atoms. The molecule has 0 atom stereocenters. The molecule has 0 N–H and O–H groups in total. The third kappa shape index (κ3) is 4.56. The van der Waals surface area contributed by atoms with Crippen molar-refractivity contribution in [1.82, 2.24) is 9.97 Å². The summed E-state index contributed by atoms with van der Waals surface area (Å²) < 4.78 is 5.38. The van der Waals surface area contributed by atoms with Crippen molar-refractivity contribution in [2.75, 3.05) is 0 Å². The quantitative estimate of drug-likeness (QED) is 0.388. The van der Waals surface area contributed by atoms with E-state index in [2.05, 4.69) is 33.6 Å². The number of carbonyl (C=O) groups is 1. The first-order chi connectivity index (χ1) is 12.7. The van der Waals surface area contributed by atoms with Gasteiger partial charge in [0.15, 0.2) is 5.75 Å². The number of carbonyl (C=O) groups excluding carboxylic acids is 1. The van der Waals surface area contributed by atoms with Crippen LogP contribution in [0.1, 0.15) is 29.2 Å². The van der Waals surface area contributed by atoms with Gasteiger partial charge in [-0.15, -0.1) is 0 Å². The molecule has 0 radical (unpaired) electrons. The largest absolute Gasteiger partial charge is 0.424 e. The van der Waals surface area contributed by atoms with Crippen LogP contribution in [0.5, 0.6) is 5.75 Å². The maximum Gasteiger partial charge on any atom is 0.308 e. The Morgan fingerprint density at radius 3 is 1.65 bits per heavy atom. The molecule has 4 heteroatoms. The molecule has 0 aliphatic heterocycles. The minimum Gasteiger partial charge on any atom is -0.424 e. The molecule has 1 aromatic carbocycles. The standard InChI is InChI=1S/C22H14N2O2/c1-17(25)26-22-20(7-5-18-9-13-23-14-10-18)3-2-4-21(22)8-6-19-11-15-24-16-12-19/h2-4,9-16H,1H3. The van der Waals surface area contributed by atoms with Gasteiger partial charge in [0.1, 0.15) is 0 Å². The third-order valence-electron chi connectivity index (χ3n) is 3.30. The van der Waals surface area contributed by atoms with Crippen molar-refractivity contribution < 1.29 is 9.53 Å². The molecule has 0 spiro atoms. The van der Waals surface area contributed by atoms with Crippen LogP contribution in [0.3, 0.4) is 0 Å². The average molecular weight is 338 g/mol. The summed E-state index contributed by atoms with van der Waals surface area (Å²) in [5.74, 6) is 12.1. The van der Waals surface area contributed by atoms with E-state index in [1.165, 1.54) is 6.92 Å². The Balaban J connectivity index is 2.02. The number of hydrogen-bond donors (Lipinski definition) is 0. The van der Waals surface area contributed by atoms with Gasteiger partial charge in [-0.2, -0.15) is 0 Å². The Labute approximate surface area is 151 Å². The minimum atomic E-state index is -0.421. The highest BCUT2D eigenvalue weighted by molar-refractivity contribution is 5.72. The van der Waals surface area contributed by atoms with Crippen LogP contribution in [0.4, 0.5) is 0 Å². The second-order valence-electron chi connectivity index (χ2n) is 5.25. The van der Waals surface area contributed by atoms with Crippen molar-refractivity contribution in [3.05, 3.63) is 89.5 Å². The fourth-order valence-electron chi connectivity index (χ4n) is 2.14. The van der Waals surface area contributed by atoms with Gasteiger partial charge < -0.3 is 4.74 Å². The second-order valence-corrected chi connectivity index (χ2v) is 5.25. The van der Waals surface area contributed by atoms with E-state index >= 15 is 0 Å². The number of benzene rings is 1. The molecule has 3 aromatic rings. The topological polar surface area (TPSA) is 52.1 Å². The molecule has 124 valence electrons. The van der Waals surface area contributed by atoms with Crippen LogP contribution in [0.15, 0.2) is 67.3 Å². The molecule has 2 aromatic heterocycles. The number of rotatable bonds is 1. The van der Waals surface area contributed by atoms with Crippen LogP contribution in [-0.2, 0) is 4.79 Å². The molecule has 0 saturated heterocycles. The Hall–Kier alpha value is -3.89. The molecular weight excluding hydrogens is 324 g/mol. The van der Waals surface area contributed by atoms with Crippen molar-refractivity contribution in [3.63, 3.8) is 0 Å². The van der Waals surface area contributed by atoms with Crippen molar-refractivity contribution in [1.29, 1.82) is 0 Å². The predicted molar refractivity (Wildman–Crippen MR) is 98.2 cm³/mol. The van der Waals surface area contributed by atoms with E-state index < -0.39 is 5.97 Å². The third-order valence-corrected chi connectivity index (χ3v) is 3.30. The van der Waals surface area contributed by atoms with Gasteiger partial charge >= 0.3 is 5.97 Å². The van der Waals surface area contributed by atoms with Crippen LogP contribution in [0.2, 0.25) is 0 Å². The normalized spacial score (nSPS) is 9.27. The number of ether oxygens (including phenoxy) is 1. The lowest BCUT2D eigenvalue weighted by molar-refractivity contribution is -0.131. The maximum absolute atomic E-state index is 11.5. The van der Waals surface area contributed by atoms with Gasteiger partial charge in [-0.3, -0.25) is 14.8 Å². The van der Waals surface area contributed by atoms with Gasteiger partial charge in [0.05, 0.1) is 11.1 Å². The molecule has 0 fully saturated rings. The van der Waals surface area contributed by atoms with Crippen LogP contribution in [0, 0.1) is 23.7 Å².